The number of ketones is 1. The Hall–Kier alpha value is -3.71. The Morgan fingerprint density at radius 2 is 2.03 bits per heavy atom. The van der Waals surface area contributed by atoms with Crippen molar-refractivity contribution in [3.63, 3.8) is 0 Å². The average Bonchev–Trinajstić information content (AvgIpc) is 3.64. The first-order valence-electron chi connectivity index (χ1n) is 11.4. The number of piperidine rings is 1. The molecule has 6 rings (SSSR count). The Balaban J connectivity index is 1.41. The van der Waals surface area contributed by atoms with Gasteiger partial charge in [-0.05, 0) is 32.6 Å². The number of nitrogen functional groups attached to an aromatic ring is 1. The molecule has 0 spiro atoms. The first kappa shape index (κ1) is 21.8. The zero-order valence-corrected chi connectivity index (χ0v) is 19.7. The number of nitrogens with zero attached hydrogens (tertiary/aromatic N) is 7. The van der Waals surface area contributed by atoms with E-state index in [2.05, 4.69) is 25.3 Å². The lowest BCUT2D eigenvalue weighted by Crippen LogP contribution is -2.46. The number of amides is 1. The SMILES string of the molecule is CC(=O)c1c([C@@H]2C[C@H]3CC[C@@H](C2)N3C(=O)c2nnc[nH]2)nc2c(-c3cnc(CO)s3)cnn2c1N. The van der Waals surface area contributed by atoms with Crippen molar-refractivity contribution in [2.45, 2.75) is 57.2 Å². The van der Waals surface area contributed by atoms with E-state index < -0.39 is 0 Å². The number of aromatic nitrogens is 7. The molecule has 2 aliphatic heterocycles. The summed E-state index contributed by atoms with van der Waals surface area (Å²) in [7, 11) is 0. The summed E-state index contributed by atoms with van der Waals surface area (Å²) in [5.41, 5.74) is 8.80. The van der Waals surface area contributed by atoms with Crippen LogP contribution in [0.15, 0.2) is 18.7 Å². The largest absolute Gasteiger partial charge is 0.389 e. The van der Waals surface area contributed by atoms with E-state index in [9.17, 15) is 14.7 Å². The van der Waals surface area contributed by atoms with E-state index in [1.807, 2.05) is 4.90 Å². The molecule has 2 saturated heterocycles. The van der Waals surface area contributed by atoms with Crippen molar-refractivity contribution in [2.75, 3.05) is 5.73 Å². The van der Waals surface area contributed by atoms with Crippen molar-refractivity contribution in [2.24, 2.45) is 0 Å². The molecule has 4 N–H and O–H groups in total. The number of aromatic amines is 1. The number of carbonyl (C=O) groups is 2. The highest BCUT2D eigenvalue weighted by Crippen LogP contribution is 2.45. The van der Waals surface area contributed by atoms with Crippen molar-refractivity contribution in [1.82, 2.24) is 39.7 Å². The second-order valence-corrected chi connectivity index (χ2v) is 10.1. The molecule has 0 aromatic carbocycles. The summed E-state index contributed by atoms with van der Waals surface area (Å²) in [5.74, 6) is 0.144. The van der Waals surface area contributed by atoms with Crippen LogP contribution in [-0.2, 0) is 6.61 Å². The summed E-state index contributed by atoms with van der Waals surface area (Å²) in [6, 6.07) is 0.0433. The maximum Gasteiger partial charge on any atom is 0.292 e. The van der Waals surface area contributed by atoms with Gasteiger partial charge in [0.05, 0.1) is 34.5 Å². The number of hydrogen-bond acceptors (Lipinski definition) is 10. The third-order valence-electron chi connectivity index (χ3n) is 6.99. The molecule has 180 valence electrons. The summed E-state index contributed by atoms with van der Waals surface area (Å²) in [6.45, 7) is 1.34. The molecule has 13 heteroatoms. The van der Waals surface area contributed by atoms with Gasteiger partial charge in [0.25, 0.3) is 5.91 Å². The van der Waals surface area contributed by atoms with Gasteiger partial charge in [0.1, 0.15) is 17.2 Å². The smallest absolute Gasteiger partial charge is 0.292 e. The average molecular weight is 494 g/mol. The van der Waals surface area contributed by atoms with E-state index in [0.29, 0.717) is 34.8 Å². The minimum atomic E-state index is -0.170. The van der Waals surface area contributed by atoms with Crippen molar-refractivity contribution in [3.8, 4) is 10.4 Å². The lowest BCUT2D eigenvalue weighted by Gasteiger charge is -2.38. The van der Waals surface area contributed by atoms with Crippen LogP contribution >= 0.6 is 11.3 Å². The molecule has 3 atom stereocenters. The summed E-state index contributed by atoms with van der Waals surface area (Å²) < 4.78 is 1.49. The van der Waals surface area contributed by atoms with Gasteiger partial charge in [0, 0.05) is 24.2 Å². The number of hydrogen-bond donors (Lipinski definition) is 3. The van der Waals surface area contributed by atoms with Crippen LogP contribution in [0.1, 0.15) is 70.2 Å². The fraction of sp³-hybridized carbons (Fsp3) is 0.409. The van der Waals surface area contributed by atoms with Gasteiger partial charge in [0.2, 0.25) is 5.82 Å². The Morgan fingerprint density at radius 1 is 1.26 bits per heavy atom. The molecule has 6 heterocycles. The van der Waals surface area contributed by atoms with Crippen LogP contribution in [0.25, 0.3) is 16.1 Å². The zero-order chi connectivity index (χ0) is 24.3. The molecule has 2 fully saturated rings. The fourth-order valence-electron chi connectivity index (χ4n) is 5.53. The monoisotopic (exact) mass is 493 g/mol. The van der Waals surface area contributed by atoms with Crippen LogP contribution in [0.4, 0.5) is 5.82 Å². The van der Waals surface area contributed by atoms with Crippen LogP contribution in [0, 0.1) is 0 Å². The first-order valence-corrected chi connectivity index (χ1v) is 12.2. The number of H-pyrrole nitrogens is 1. The van der Waals surface area contributed by atoms with Crippen LogP contribution in [0.3, 0.4) is 0 Å². The molecule has 35 heavy (non-hydrogen) atoms. The lowest BCUT2D eigenvalue weighted by molar-refractivity contribution is 0.0556. The van der Waals surface area contributed by atoms with Gasteiger partial charge in [-0.1, -0.05) is 0 Å². The normalized spacial score (nSPS) is 21.7. The minimum Gasteiger partial charge on any atom is -0.389 e. The van der Waals surface area contributed by atoms with Gasteiger partial charge < -0.3 is 20.7 Å². The van der Waals surface area contributed by atoms with E-state index in [1.165, 1.54) is 29.1 Å². The molecule has 0 saturated carbocycles. The predicted octanol–water partition coefficient (Wildman–Crippen LogP) is 1.80. The molecule has 1 amide bonds. The Morgan fingerprint density at radius 3 is 2.66 bits per heavy atom. The van der Waals surface area contributed by atoms with Crippen LogP contribution < -0.4 is 5.73 Å². The van der Waals surface area contributed by atoms with Crippen molar-refractivity contribution < 1.29 is 14.7 Å². The van der Waals surface area contributed by atoms with Crippen LogP contribution in [-0.4, -0.2) is 68.5 Å². The van der Waals surface area contributed by atoms with Gasteiger partial charge in [-0.25, -0.2) is 9.97 Å². The number of fused-ring (bicyclic) bond motifs is 3. The highest BCUT2D eigenvalue weighted by Gasteiger charge is 2.45. The maximum atomic E-state index is 13.0. The molecule has 2 aliphatic rings. The van der Waals surface area contributed by atoms with E-state index in [1.54, 1.807) is 12.4 Å². The Bertz CT molecular complexity index is 1430. The standard InChI is InChI=1S/C22H23N9O3S/c1-10(33)17-18(11-4-12-2-3-13(5-11)30(12)22(34)20-25-9-26-29-20)28-21-14(6-27-31(21)19(17)23)15-7-24-16(8-32)35-15/h6-7,9,11-13,32H,2-5,8,23H2,1H3,(H,25,26,29)/t11-,12-,13+. The number of nitrogens with one attached hydrogen (secondary N) is 1. The third-order valence-corrected chi connectivity index (χ3v) is 8.01. The van der Waals surface area contributed by atoms with Gasteiger partial charge in [-0.15, -0.1) is 21.5 Å². The molecule has 0 radical (unpaired) electrons. The number of Topliss-reactive ketones (excluding diaryl/α,β-unsaturated/α-hetero) is 1. The summed E-state index contributed by atoms with van der Waals surface area (Å²) >= 11 is 1.36. The fourth-order valence-corrected chi connectivity index (χ4v) is 6.32. The zero-order valence-electron chi connectivity index (χ0n) is 18.9. The number of anilines is 1. The van der Waals surface area contributed by atoms with Crippen molar-refractivity contribution in [1.29, 1.82) is 0 Å². The van der Waals surface area contributed by atoms with E-state index >= 15 is 0 Å². The van der Waals surface area contributed by atoms with Gasteiger partial charge >= 0.3 is 0 Å². The molecular formula is C22H23N9O3S. The summed E-state index contributed by atoms with van der Waals surface area (Å²) in [5, 5.41) is 22.0. The summed E-state index contributed by atoms with van der Waals surface area (Å²) in [6.07, 6.45) is 7.86. The summed E-state index contributed by atoms with van der Waals surface area (Å²) in [4.78, 5) is 40.4. The van der Waals surface area contributed by atoms with E-state index in [0.717, 1.165) is 23.3 Å². The van der Waals surface area contributed by atoms with Gasteiger partial charge in [-0.3, -0.25) is 9.59 Å². The molecule has 12 nitrogen and oxygen atoms in total. The predicted molar refractivity (Wildman–Crippen MR) is 126 cm³/mol. The van der Waals surface area contributed by atoms with Crippen LogP contribution in [0.2, 0.25) is 0 Å². The van der Waals surface area contributed by atoms with Crippen molar-refractivity contribution in [3.05, 3.63) is 40.8 Å². The lowest BCUT2D eigenvalue weighted by atomic mass is 9.85. The Kier molecular flexibility index (Phi) is 5.11. The molecule has 4 aromatic heterocycles. The molecule has 4 aromatic rings. The number of rotatable bonds is 5. The molecular weight excluding hydrogens is 470 g/mol. The molecule has 2 bridgehead atoms. The number of carbonyl (C=O) groups excluding carboxylic acids is 2. The first-order chi connectivity index (χ1) is 17.0. The topological polar surface area (TPSA) is 168 Å². The van der Waals surface area contributed by atoms with E-state index in [-0.39, 0.29) is 47.9 Å². The van der Waals surface area contributed by atoms with Gasteiger partial charge in [0.15, 0.2) is 11.4 Å². The number of aliphatic hydroxyl groups is 1. The second-order valence-electron chi connectivity index (χ2n) is 8.99. The number of thiazole rings is 1. The second kappa shape index (κ2) is 8.20. The maximum absolute atomic E-state index is 13.0. The quantitative estimate of drug-likeness (QED) is 0.351. The highest BCUT2D eigenvalue weighted by molar-refractivity contribution is 7.15. The minimum absolute atomic E-state index is 0.0217. The molecule has 0 aliphatic carbocycles. The van der Waals surface area contributed by atoms with Crippen LogP contribution in [0.5, 0.6) is 0 Å². The van der Waals surface area contributed by atoms with E-state index in [4.69, 9.17) is 10.7 Å². The van der Waals surface area contributed by atoms with Gasteiger partial charge in [-0.2, -0.15) is 9.61 Å². The number of nitrogens with two attached hydrogens (primary N) is 1. The van der Waals surface area contributed by atoms with Crippen molar-refractivity contribution >= 4 is 34.5 Å². The Labute approximate surface area is 203 Å². The number of aliphatic hydroxyl groups excluding tert-OH is 1. The third kappa shape index (κ3) is 3.41. The molecule has 0 unspecified atom stereocenters. The highest BCUT2D eigenvalue weighted by atomic mass is 32.1.